The lowest BCUT2D eigenvalue weighted by molar-refractivity contribution is 0.471. The van der Waals surface area contributed by atoms with E-state index in [-0.39, 0.29) is 11.2 Å². The Morgan fingerprint density at radius 1 is 1.31 bits per heavy atom. The van der Waals surface area contributed by atoms with Crippen molar-refractivity contribution in [3.63, 3.8) is 0 Å². The minimum absolute atomic E-state index is 0.0273. The molecule has 0 bridgehead atoms. The van der Waals surface area contributed by atoms with E-state index in [4.69, 9.17) is 6.42 Å². The van der Waals surface area contributed by atoms with E-state index in [1.54, 1.807) is 18.2 Å². The van der Waals surface area contributed by atoms with Crippen LogP contribution in [0.1, 0.15) is 31.9 Å². The fourth-order valence-corrected chi connectivity index (χ4v) is 1.28. The lowest BCUT2D eigenvalue weighted by atomic mass is 9.84. The van der Waals surface area contributed by atoms with Gasteiger partial charge in [0.1, 0.15) is 5.75 Å². The van der Waals surface area contributed by atoms with Crippen LogP contribution in [0.5, 0.6) is 5.75 Å². The average Bonchev–Trinajstić information content (AvgIpc) is 2.03. The molecule has 0 aromatic heterocycles. The van der Waals surface area contributed by atoms with Crippen molar-refractivity contribution in [1.82, 2.24) is 0 Å². The van der Waals surface area contributed by atoms with Gasteiger partial charge in [-0.2, -0.15) is 0 Å². The van der Waals surface area contributed by atoms with Crippen LogP contribution in [0.2, 0.25) is 0 Å². The Labute approximate surface area is 79.4 Å². The van der Waals surface area contributed by atoms with Crippen molar-refractivity contribution in [2.75, 3.05) is 0 Å². The van der Waals surface area contributed by atoms with Crippen LogP contribution in [-0.4, -0.2) is 5.11 Å². The monoisotopic (exact) mass is 174 g/mol. The molecule has 1 heteroatoms. The van der Waals surface area contributed by atoms with Crippen LogP contribution in [0.15, 0.2) is 18.2 Å². The number of phenols is 1. The first kappa shape index (κ1) is 9.67. The molecule has 1 nitrogen and oxygen atoms in total. The smallest absolute Gasteiger partial charge is 0.115 e. The van der Waals surface area contributed by atoms with E-state index in [1.807, 2.05) is 0 Å². The average molecular weight is 174 g/mol. The maximum Gasteiger partial charge on any atom is 0.115 e. The minimum atomic E-state index is -0.0273. The van der Waals surface area contributed by atoms with Crippen molar-refractivity contribution in [2.45, 2.75) is 26.2 Å². The maximum absolute atomic E-state index is 9.33. The van der Waals surface area contributed by atoms with Crippen LogP contribution < -0.4 is 0 Å². The van der Waals surface area contributed by atoms with Crippen molar-refractivity contribution >= 4 is 0 Å². The maximum atomic E-state index is 9.33. The summed E-state index contributed by atoms with van der Waals surface area (Å²) in [6.07, 6.45) is 5.37. The van der Waals surface area contributed by atoms with Gasteiger partial charge in [-0.05, 0) is 29.2 Å². The molecule has 0 unspecified atom stereocenters. The van der Waals surface area contributed by atoms with E-state index in [2.05, 4.69) is 26.7 Å². The number of aromatic hydroxyl groups is 1. The van der Waals surface area contributed by atoms with Gasteiger partial charge in [0.05, 0.1) is 0 Å². The molecule has 1 rings (SSSR count). The Kier molecular flexibility index (Phi) is 2.34. The summed E-state index contributed by atoms with van der Waals surface area (Å²) in [7, 11) is 0. The van der Waals surface area contributed by atoms with Crippen molar-refractivity contribution in [2.24, 2.45) is 0 Å². The summed E-state index contributed by atoms with van der Waals surface area (Å²) in [6.45, 7) is 6.22. The molecule has 0 aliphatic carbocycles. The molecule has 68 valence electrons. The highest BCUT2D eigenvalue weighted by Gasteiger charge is 2.17. The van der Waals surface area contributed by atoms with Crippen LogP contribution in [0.25, 0.3) is 0 Å². The molecule has 0 saturated carbocycles. The standard InChI is InChI=1S/C12H14O/c1-5-9-6-7-10(13)8-11(9)12(2,3)4/h1,6-8,13H,2-4H3. The first-order valence-corrected chi connectivity index (χ1v) is 4.25. The molecular weight excluding hydrogens is 160 g/mol. The zero-order chi connectivity index (χ0) is 10.1. The predicted octanol–water partition coefficient (Wildman–Crippen LogP) is 2.67. The van der Waals surface area contributed by atoms with Crippen molar-refractivity contribution in [3.05, 3.63) is 29.3 Å². The summed E-state index contributed by atoms with van der Waals surface area (Å²) in [6, 6.07) is 5.12. The van der Waals surface area contributed by atoms with Crippen LogP contribution in [-0.2, 0) is 5.41 Å². The highest BCUT2D eigenvalue weighted by molar-refractivity contribution is 5.47. The number of rotatable bonds is 0. The SMILES string of the molecule is C#Cc1ccc(O)cc1C(C)(C)C. The summed E-state index contributed by atoms with van der Waals surface area (Å²) in [5, 5.41) is 9.33. The summed E-state index contributed by atoms with van der Waals surface area (Å²) in [5.41, 5.74) is 1.83. The summed E-state index contributed by atoms with van der Waals surface area (Å²) >= 11 is 0. The Morgan fingerprint density at radius 3 is 2.38 bits per heavy atom. The van der Waals surface area contributed by atoms with Crippen LogP contribution in [0, 0.1) is 12.3 Å². The van der Waals surface area contributed by atoms with E-state index in [1.165, 1.54) is 0 Å². The molecule has 0 aliphatic heterocycles. The summed E-state index contributed by atoms with van der Waals surface area (Å²) < 4.78 is 0. The van der Waals surface area contributed by atoms with Crippen molar-refractivity contribution < 1.29 is 5.11 Å². The number of hydrogen-bond donors (Lipinski definition) is 1. The molecule has 0 heterocycles. The molecule has 0 atom stereocenters. The van der Waals surface area contributed by atoms with Gasteiger partial charge in [0.25, 0.3) is 0 Å². The van der Waals surface area contributed by atoms with Gasteiger partial charge in [0, 0.05) is 5.56 Å². The lowest BCUT2D eigenvalue weighted by Crippen LogP contribution is -2.12. The topological polar surface area (TPSA) is 20.2 Å². The van der Waals surface area contributed by atoms with E-state index >= 15 is 0 Å². The fourth-order valence-electron chi connectivity index (χ4n) is 1.28. The first-order valence-electron chi connectivity index (χ1n) is 4.25. The van der Waals surface area contributed by atoms with E-state index in [9.17, 15) is 5.11 Å². The molecule has 0 radical (unpaired) electrons. The van der Waals surface area contributed by atoms with Crippen molar-refractivity contribution in [3.8, 4) is 18.1 Å². The molecule has 0 spiro atoms. The zero-order valence-corrected chi connectivity index (χ0v) is 8.26. The molecule has 0 saturated heterocycles. The second-order valence-electron chi connectivity index (χ2n) is 4.12. The number of hydrogen-bond acceptors (Lipinski definition) is 1. The first-order chi connectivity index (χ1) is 5.95. The molecule has 1 aromatic carbocycles. The minimum Gasteiger partial charge on any atom is -0.508 e. The van der Waals surface area contributed by atoms with Gasteiger partial charge in [-0.25, -0.2) is 0 Å². The number of terminal acetylenes is 1. The molecule has 13 heavy (non-hydrogen) atoms. The van der Waals surface area contributed by atoms with E-state index in [0.29, 0.717) is 0 Å². The fraction of sp³-hybridized carbons (Fsp3) is 0.333. The quantitative estimate of drug-likeness (QED) is 0.599. The van der Waals surface area contributed by atoms with Gasteiger partial charge < -0.3 is 5.11 Å². The third kappa shape index (κ3) is 2.03. The van der Waals surface area contributed by atoms with Gasteiger partial charge in [0.15, 0.2) is 0 Å². The lowest BCUT2D eigenvalue weighted by Gasteiger charge is -2.20. The van der Waals surface area contributed by atoms with E-state index in [0.717, 1.165) is 11.1 Å². The third-order valence-corrected chi connectivity index (χ3v) is 1.97. The summed E-state index contributed by atoms with van der Waals surface area (Å²) in [5.74, 6) is 2.89. The molecular formula is C12H14O. The number of phenolic OH excluding ortho intramolecular Hbond substituents is 1. The van der Waals surface area contributed by atoms with E-state index < -0.39 is 0 Å². The van der Waals surface area contributed by atoms with Crippen molar-refractivity contribution in [1.29, 1.82) is 0 Å². The van der Waals surface area contributed by atoms with Gasteiger partial charge >= 0.3 is 0 Å². The molecule has 0 aliphatic rings. The largest absolute Gasteiger partial charge is 0.508 e. The normalized spacial score (nSPS) is 10.9. The third-order valence-electron chi connectivity index (χ3n) is 1.97. The second-order valence-corrected chi connectivity index (χ2v) is 4.12. The molecule has 1 N–H and O–H groups in total. The van der Waals surface area contributed by atoms with Crippen LogP contribution >= 0.6 is 0 Å². The highest BCUT2D eigenvalue weighted by Crippen LogP contribution is 2.28. The van der Waals surface area contributed by atoms with Gasteiger partial charge in [-0.3, -0.25) is 0 Å². The zero-order valence-electron chi connectivity index (χ0n) is 8.26. The Hall–Kier alpha value is -1.42. The Bertz CT molecular complexity index is 350. The van der Waals surface area contributed by atoms with Crippen LogP contribution in [0.4, 0.5) is 0 Å². The highest BCUT2D eigenvalue weighted by atomic mass is 16.3. The second kappa shape index (κ2) is 3.14. The summed E-state index contributed by atoms with van der Waals surface area (Å²) in [4.78, 5) is 0. The predicted molar refractivity (Wildman–Crippen MR) is 54.7 cm³/mol. The van der Waals surface area contributed by atoms with Crippen LogP contribution in [0.3, 0.4) is 0 Å². The Morgan fingerprint density at radius 2 is 1.92 bits per heavy atom. The molecule has 0 amide bonds. The molecule has 0 fully saturated rings. The Balaban J connectivity index is 3.35. The molecule has 1 aromatic rings. The van der Waals surface area contributed by atoms with Gasteiger partial charge in [-0.1, -0.05) is 26.7 Å². The van der Waals surface area contributed by atoms with Gasteiger partial charge in [0.2, 0.25) is 0 Å². The van der Waals surface area contributed by atoms with Gasteiger partial charge in [-0.15, -0.1) is 6.42 Å². The number of benzene rings is 1.